The number of carbonyl (C=O) groups excluding carboxylic acids is 1. The lowest BCUT2D eigenvalue weighted by molar-refractivity contribution is -0.0627. The average molecular weight is 469 g/mol. The number of nitrogens with zero attached hydrogens (tertiary/aromatic N) is 1. The first kappa shape index (κ1) is 25.3. The van der Waals surface area contributed by atoms with Crippen LogP contribution in [0.3, 0.4) is 0 Å². The van der Waals surface area contributed by atoms with Crippen molar-refractivity contribution in [2.45, 2.75) is 69.3 Å². The molecule has 0 aliphatic heterocycles. The molecule has 1 unspecified atom stereocenters. The summed E-state index contributed by atoms with van der Waals surface area (Å²) in [6, 6.07) is 11.8. The Balaban J connectivity index is 0.000000186. The van der Waals surface area contributed by atoms with Crippen molar-refractivity contribution < 1.29 is 31.9 Å². The van der Waals surface area contributed by atoms with Crippen LogP contribution in [0.1, 0.15) is 73.5 Å². The van der Waals surface area contributed by atoms with Crippen LogP contribution in [-0.2, 0) is 0 Å². The molecule has 0 amide bonds. The van der Waals surface area contributed by atoms with Crippen LogP contribution >= 0.6 is 0 Å². The van der Waals surface area contributed by atoms with Gasteiger partial charge in [-0.2, -0.15) is 0 Å². The summed E-state index contributed by atoms with van der Waals surface area (Å²) in [5.74, 6) is -6.90. The Hall–Kier alpha value is -2.35. The number of aromatic nitrogens is 1. The van der Waals surface area contributed by atoms with Gasteiger partial charge in [-0.05, 0) is 49.3 Å². The van der Waals surface area contributed by atoms with Crippen molar-refractivity contribution in [1.82, 2.24) is 4.98 Å². The number of carbonyl (C=O) groups is 1. The number of benzene rings is 1. The number of aliphatic hydroxyl groups is 1. The summed E-state index contributed by atoms with van der Waals surface area (Å²) in [5, 5.41) is 10.1. The lowest BCUT2D eigenvalue weighted by Gasteiger charge is -2.31. The Morgan fingerprint density at radius 1 is 0.879 bits per heavy atom. The van der Waals surface area contributed by atoms with Crippen molar-refractivity contribution in [3.05, 3.63) is 65.7 Å². The summed E-state index contributed by atoms with van der Waals surface area (Å²) in [5.41, 5.74) is 0.598. The molecule has 0 radical (unpaired) electrons. The second-order valence-corrected chi connectivity index (χ2v) is 8.88. The molecule has 0 saturated heterocycles. The topological polar surface area (TPSA) is 50.2 Å². The van der Waals surface area contributed by atoms with Crippen LogP contribution in [0.4, 0.5) is 22.0 Å². The van der Waals surface area contributed by atoms with Gasteiger partial charge in [0.05, 0.1) is 6.10 Å². The van der Waals surface area contributed by atoms with Crippen molar-refractivity contribution in [3.8, 4) is 0 Å². The molecule has 33 heavy (non-hydrogen) atoms. The van der Waals surface area contributed by atoms with Crippen LogP contribution in [0.15, 0.2) is 48.7 Å². The average Bonchev–Trinajstić information content (AvgIpc) is 2.79. The molecule has 180 valence electrons. The molecule has 2 saturated carbocycles. The maximum Gasteiger partial charge on any atom is 0.248 e. The van der Waals surface area contributed by atoms with E-state index in [0.717, 1.165) is 11.6 Å². The number of pyridine rings is 1. The van der Waals surface area contributed by atoms with Gasteiger partial charge in [0.2, 0.25) is 11.8 Å². The second kappa shape index (κ2) is 10.7. The number of ketones is 1. The molecule has 2 aliphatic carbocycles. The monoisotopic (exact) mass is 469 g/mol. The van der Waals surface area contributed by atoms with Gasteiger partial charge in [0, 0.05) is 37.8 Å². The minimum atomic E-state index is -2.68. The van der Waals surface area contributed by atoms with Crippen molar-refractivity contribution in [2.24, 2.45) is 11.8 Å². The first-order valence-corrected chi connectivity index (χ1v) is 11.2. The first-order chi connectivity index (χ1) is 15.6. The molecule has 1 aromatic heterocycles. The zero-order chi connectivity index (χ0) is 24.1. The molecule has 0 bridgehead atoms. The third kappa shape index (κ3) is 7.06. The van der Waals surface area contributed by atoms with E-state index in [-0.39, 0.29) is 50.1 Å². The third-order valence-corrected chi connectivity index (χ3v) is 6.43. The minimum absolute atomic E-state index is 0.0259. The van der Waals surface area contributed by atoms with Gasteiger partial charge in [0.25, 0.3) is 0 Å². The summed E-state index contributed by atoms with van der Waals surface area (Å²) in [6.07, 6.45) is 0.930. The molecule has 4 rings (SSSR count). The second-order valence-electron chi connectivity index (χ2n) is 8.88. The van der Waals surface area contributed by atoms with E-state index in [1.807, 2.05) is 30.3 Å². The standard InChI is InChI=1S/C13H16F2O.C12H12F3NO/c14-13(15)8-6-11(7-9-13)12(16)10-4-2-1-3-5-10;13-9-2-1-7-16-10(9)11(17)8-3-5-12(14,15)6-4-8/h1-5,11-12,16H,6-9H2;1-2,7-8H,3-6H2. The lowest BCUT2D eigenvalue weighted by atomic mass is 9.81. The quantitative estimate of drug-likeness (QED) is 0.397. The van der Waals surface area contributed by atoms with E-state index in [1.54, 1.807) is 0 Å². The van der Waals surface area contributed by atoms with E-state index in [2.05, 4.69) is 4.98 Å². The molecule has 0 spiro atoms. The van der Waals surface area contributed by atoms with E-state index >= 15 is 0 Å². The van der Waals surface area contributed by atoms with Crippen molar-refractivity contribution in [1.29, 1.82) is 0 Å². The summed E-state index contributed by atoms with van der Waals surface area (Å²) in [7, 11) is 0. The van der Waals surface area contributed by atoms with E-state index in [9.17, 15) is 31.9 Å². The molecular weight excluding hydrogens is 441 g/mol. The van der Waals surface area contributed by atoms with E-state index < -0.39 is 35.5 Å². The molecule has 1 heterocycles. The molecule has 1 atom stereocenters. The largest absolute Gasteiger partial charge is 0.388 e. The molecular formula is C25H28F5NO2. The van der Waals surface area contributed by atoms with Crippen LogP contribution in [0.5, 0.6) is 0 Å². The highest BCUT2D eigenvalue weighted by Crippen LogP contribution is 2.41. The van der Waals surface area contributed by atoms with E-state index in [1.165, 1.54) is 12.3 Å². The van der Waals surface area contributed by atoms with Crippen LogP contribution in [0.25, 0.3) is 0 Å². The summed E-state index contributed by atoms with van der Waals surface area (Å²) >= 11 is 0. The minimum Gasteiger partial charge on any atom is -0.388 e. The normalized spacial score (nSPS) is 21.5. The number of halogens is 5. The van der Waals surface area contributed by atoms with Crippen molar-refractivity contribution in [3.63, 3.8) is 0 Å². The fourth-order valence-corrected chi connectivity index (χ4v) is 4.36. The number of rotatable bonds is 4. The highest BCUT2D eigenvalue weighted by Gasteiger charge is 2.39. The van der Waals surface area contributed by atoms with Crippen LogP contribution in [-0.4, -0.2) is 27.7 Å². The highest BCUT2D eigenvalue weighted by atomic mass is 19.3. The summed E-state index contributed by atoms with van der Waals surface area (Å²) in [4.78, 5) is 15.6. The third-order valence-electron chi connectivity index (χ3n) is 6.43. The van der Waals surface area contributed by atoms with Crippen molar-refractivity contribution >= 4 is 5.78 Å². The number of Topliss-reactive ketones (excluding diaryl/α,β-unsaturated/α-hetero) is 1. The maximum absolute atomic E-state index is 13.3. The van der Waals surface area contributed by atoms with Gasteiger partial charge in [-0.15, -0.1) is 0 Å². The predicted octanol–water partition coefficient (Wildman–Crippen LogP) is 6.77. The van der Waals surface area contributed by atoms with Crippen molar-refractivity contribution in [2.75, 3.05) is 0 Å². The molecule has 2 fully saturated rings. The van der Waals surface area contributed by atoms with Gasteiger partial charge in [-0.3, -0.25) is 9.78 Å². The summed E-state index contributed by atoms with van der Waals surface area (Å²) < 4.78 is 65.1. The zero-order valence-corrected chi connectivity index (χ0v) is 18.2. The first-order valence-electron chi connectivity index (χ1n) is 11.2. The fourth-order valence-electron chi connectivity index (χ4n) is 4.36. The van der Waals surface area contributed by atoms with Crippen LogP contribution in [0.2, 0.25) is 0 Å². The molecule has 8 heteroatoms. The Kier molecular flexibility index (Phi) is 8.21. The Bertz CT molecular complexity index is 902. The van der Waals surface area contributed by atoms with Gasteiger partial charge in [-0.25, -0.2) is 22.0 Å². The molecule has 2 aliphatic rings. The maximum atomic E-state index is 13.3. The molecule has 1 aromatic carbocycles. The number of hydrogen-bond donors (Lipinski definition) is 1. The number of alkyl halides is 4. The SMILES string of the molecule is O=C(c1ncccc1F)C1CCC(F)(F)CC1.OC(c1ccccc1)C1CCC(F)(F)CC1. The van der Waals surface area contributed by atoms with E-state index in [0.29, 0.717) is 12.8 Å². The van der Waals surface area contributed by atoms with Crippen LogP contribution < -0.4 is 0 Å². The highest BCUT2D eigenvalue weighted by molar-refractivity contribution is 5.96. The Morgan fingerprint density at radius 3 is 1.97 bits per heavy atom. The number of hydrogen-bond acceptors (Lipinski definition) is 3. The van der Waals surface area contributed by atoms with Crippen LogP contribution in [0, 0.1) is 17.7 Å². The van der Waals surface area contributed by atoms with Gasteiger partial charge in [-0.1, -0.05) is 30.3 Å². The molecule has 1 N–H and O–H groups in total. The fraction of sp³-hybridized carbons (Fsp3) is 0.520. The smallest absolute Gasteiger partial charge is 0.248 e. The van der Waals surface area contributed by atoms with Gasteiger partial charge < -0.3 is 5.11 Å². The predicted molar refractivity (Wildman–Crippen MR) is 114 cm³/mol. The summed E-state index contributed by atoms with van der Waals surface area (Å²) in [6.45, 7) is 0. The van der Waals surface area contributed by atoms with Gasteiger partial charge in [0.1, 0.15) is 5.69 Å². The molecule has 2 aromatic rings. The van der Waals surface area contributed by atoms with Gasteiger partial charge >= 0.3 is 0 Å². The van der Waals surface area contributed by atoms with E-state index in [4.69, 9.17) is 0 Å². The van der Waals surface area contributed by atoms with Gasteiger partial charge in [0.15, 0.2) is 11.6 Å². The lowest BCUT2D eigenvalue weighted by Crippen LogP contribution is -2.29. The number of aliphatic hydroxyl groups excluding tert-OH is 1. The zero-order valence-electron chi connectivity index (χ0n) is 18.2. The Labute approximate surface area is 190 Å². The Morgan fingerprint density at radius 2 is 1.42 bits per heavy atom. The molecule has 3 nitrogen and oxygen atoms in total.